The van der Waals surface area contributed by atoms with Gasteiger partial charge in [-0.2, -0.15) is 0 Å². The average molecular weight is 528 g/mol. The number of hydrogen-bond donors (Lipinski definition) is 0. The Morgan fingerprint density at radius 2 is 1.68 bits per heavy atom. The van der Waals surface area contributed by atoms with Crippen molar-refractivity contribution in [1.82, 2.24) is 9.47 Å². The van der Waals surface area contributed by atoms with Crippen LogP contribution in [0.15, 0.2) is 97.2 Å². The lowest BCUT2D eigenvalue weighted by molar-refractivity contribution is -0.137. The molecule has 0 N–H and O–H groups in total. The quantitative estimate of drug-likeness (QED) is 0.257. The van der Waals surface area contributed by atoms with Crippen LogP contribution in [0.1, 0.15) is 37.1 Å². The Morgan fingerprint density at radius 3 is 2.45 bits per heavy atom. The molecule has 194 valence electrons. The first-order valence-corrected chi connectivity index (χ1v) is 13.2. The molecule has 0 radical (unpaired) electrons. The van der Waals surface area contributed by atoms with Crippen LogP contribution in [0.2, 0.25) is 5.02 Å². The summed E-state index contributed by atoms with van der Waals surface area (Å²) in [6.45, 7) is 2.36. The summed E-state index contributed by atoms with van der Waals surface area (Å²) in [7, 11) is 0. The van der Waals surface area contributed by atoms with E-state index in [0.29, 0.717) is 17.3 Å². The second-order valence-corrected chi connectivity index (χ2v) is 9.72. The van der Waals surface area contributed by atoms with Crippen molar-refractivity contribution in [2.75, 3.05) is 24.6 Å². The minimum absolute atomic E-state index is 0.0525. The predicted octanol–water partition coefficient (Wildman–Crippen LogP) is 6.27. The summed E-state index contributed by atoms with van der Waals surface area (Å²) >= 11 is 6.38. The van der Waals surface area contributed by atoms with Crippen LogP contribution in [-0.4, -0.2) is 41.0 Å². The first-order chi connectivity index (χ1) is 18.6. The molecule has 38 heavy (non-hydrogen) atoms. The number of amides is 2. The Labute approximate surface area is 228 Å². The summed E-state index contributed by atoms with van der Waals surface area (Å²) in [5.41, 5.74) is 3.56. The summed E-state index contributed by atoms with van der Waals surface area (Å²) in [6, 6.07) is 28.3. The third-order valence-electron chi connectivity index (χ3n) is 6.72. The van der Waals surface area contributed by atoms with Crippen molar-refractivity contribution in [3.05, 3.63) is 113 Å². The van der Waals surface area contributed by atoms with Crippen LogP contribution in [0.3, 0.4) is 0 Å². The number of unbranched alkanes of at least 4 members (excludes halogenated alkanes) is 1. The Bertz CT molecular complexity index is 1420. The maximum Gasteiger partial charge on any atom is 0.260 e. The topological polar surface area (TPSA) is 54.8 Å². The maximum atomic E-state index is 14.2. The highest BCUT2D eigenvalue weighted by molar-refractivity contribution is 6.30. The van der Waals surface area contributed by atoms with Crippen LogP contribution < -0.4 is 9.64 Å². The minimum Gasteiger partial charge on any atom is -0.484 e. The van der Waals surface area contributed by atoms with E-state index in [4.69, 9.17) is 16.3 Å². The molecule has 0 aliphatic carbocycles. The fraction of sp³-hybridized carbons (Fsp3) is 0.226. The first kappa shape index (κ1) is 25.6. The van der Waals surface area contributed by atoms with E-state index >= 15 is 0 Å². The van der Waals surface area contributed by atoms with E-state index in [9.17, 15) is 9.59 Å². The van der Waals surface area contributed by atoms with Crippen molar-refractivity contribution < 1.29 is 14.3 Å². The highest BCUT2D eigenvalue weighted by Crippen LogP contribution is 2.42. The molecular formula is C31H30ClN3O3. The van der Waals surface area contributed by atoms with E-state index in [2.05, 4.69) is 11.5 Å². The second kappa shape index (κ2) is 11.6. The van der Waals surface area contributed by atoms with Crippen LogP contribution in [0.25, 0.3) is 5.69 Å². The molecule has 0 saturated heterocycles. The molecule has 0 bridgehead atoms. The molecule has 5 rings (SSSR count). The van der Waals surface area contributed by atoms with E-state index in [1.54, 1.807) is 9.80 Å². The lowest BCUT2D eigenvalue weighted by Gasteiger charge is -2.39. The standard InChI is InChI=1S/C31H30ClN3O3/c1-2-3-18-33(30(37)22-38-25-13-5-4-6-14-25)21-29(36)35-27-16-8-7-15-26(27)34-19-10-17-28(34)31(35)23-11-9-12-24(32)20-23/h4-17,19-20,31H,2-3,18,21-22H2,1H3. The highest BCUT2D eigenvalue weighted by Gasteiger charge is 2.37. The molecule has 4 aromatic rings. The van der Waals surface area contributed by atoms with E-state index in [1.807, 2.05) is 97.2 Å². The number of nitrogens with zero attached hydrogens (tertiary/aromatic N) is 3. The largest absolute Gasteiger partial charge is 0.484 e. The van der Waals surface area contributed by atoms with E-state index in [-0.39, 0.29) is 25.0 Å². The van der Waals surface area contributed by atoms with Gasteiger partial charge in [-0.1, -0.05) is 67.4 Å². The summed E-state index contributed by atoms with van der Waals surface area (Å²) in [4.78, 5) is 30.8. The van der Waals surface area contributed by atoms with Crippen molar-refractivity contribution in [3.63, 3.8) is 0 Å². The van der Waals surface area contributed by atoms with Crippen LogP contribution in [0.4, 0.5) is 5.69 Å². The zero-order valence-electron chi connectivity index (χ0n) is 21.3. The number of carbonyl (C=O) groups excluding carboxylic acids is 2. The monoisotopic (exact) mass is 527 g/mol. The smallest absolute Gasteiger partial charge is 0.260 e. The molecule has 2 amide bonds. The predicted molar refractivity (Wildman–Crippen MR) is 150 cm³/mol. The van der Waals surface area contributed by atoms with Crippen molar-refractivity contribution in [3.8, 4) is 11.4 Å². The molecule has 6 nitrogen and oxygen atoms in total. The van der Waals surface area contributed by atoms with Gasteiger partial charge in [0, 0.05) is 17.8 Å². The maximum absolute atomic E-state index is 14.2. The third kappa shape index (κ3) is 5.31. The van der Waals surface area contributed by atoms with Gasteiger partial charge >= 0.3 is 0 Å². The van der Waals surface area contributed by atoms with Crippen LogP contribution >= 0.6 is 11.6 Å². The molecule has 1 atom stereocenters. The van der Waals surface area contributed by atoms with Gasteiger partial charge in [-0.3, -0.25) is 14.5 Å². The Kier molecular flexibility index (Phi) is 7.80. The molecule has 1 aliphatic heterocycles. The van der Waals surface area contributed by atoms with Gasteiger partial charge < -0.3 is 14.2 Å². The molecule has 1 unspecified atom stereocenters. The number of aromatic nitrogens is 1. The van der Waals surface area contributed by atoms with Crippen LogP contribution in [0, 0.1) is 0 Å². The highest BCUT2D eigenvalue weighted by atomic mass is 35.5. The van der Waals surface area contributed by atoms with Gasteiger partial charge in [0.15, 0.2) is 6.61 Å². The zero-order chi connectivity index (χ0) is 26.5. The zero-order valence-corrected chi connectivity index (χ0v) is 22.1. The summed E-state index contributed by atoms with van der Waals surface area (Å²) < 4.78 is 7.83. The number of hydrogen-bond acceptors (Lipinski definition) is 3. The molecule has 0 fully saturated rings. The molecule has 1 aliphatic rings. The Morgan fingerprint density at radius 1 is 0.921 bits per heavy atom. The molecule has 0 saturated carbocycles. The van der Waals surface area contributed by atoms with Gasteiger partial charge in [-0.15, -0.1) is 0 Å². The number of fused-ring (bicyclic) bond motifs is 3. The summed E-state index contributed by atoms with van der Waals surface area (Å²) in [5, 5.41) is 0.602. The van der Waals surface area contributed by atoms with E-state index < -0.39 is 6.04 Å². The molecule has 3 aromatic carbocycles. The molecule has 0 spiro atoms. The van der Waals surface area contributed by atoms with Gasteiger partial charge in [0.25, 0.3) is 5.91 Å². The fourth-order valence-electron chi connectivity index (χ4n) is 4.89. The summed E-state index contributed by atoms with van der Waals surface area (Å²) in [5.74, 6) is 0.233. The second-order valence-electron chi connectivity index (χ2n) is 9.28. The van der Waals surface area contributed by atoms with Gasteiger partial charge in [0.05, 0.1) is 17.1 Å². The van der Waals surface area contributed by atoms with E-state index in [1.165, 1.54) is 0 Å². The number of halogens is 1. The SMILES string of the molecule is CCCCN(CC(=O)N1c2ccccc2-n2cccc2C1c1cccc(Cl)c1)C(=O)COc1ccccc1. The van der Waals surface area contributed by atoms with Crippen LogP contribution in [0.5, 0.6) is 5.75 Å². The van der Waals surface area contributed by atoms with E-state index in [0.717, 1.165) is 35.5 Å². The van der Waals surface area contributed by atoms with Crippen molar-refractivity contribution in [1.29, 1.82) is 0 Å². The van der Waals surface area contributed by atoms with Crippen molar-refractivity contribution in [2.45, 2.75) is 25.8 Å². The molecule has 7 heteroatoms. The van der Waals surface area contributed by atoms with Gasteiger partial charge in [-0.05, 0) is 60.5 Å². The number of benzene rings is 3. The number of rotatable bonds is 9. The number of carbonyl (C=O) groups is 2. The Hall–Kier alpha value is -4.03. The minimum atomic E-state index is -0.394. The van der Waals surface area contributed by atoms with Gasteiger partial charge in [0.2, 0.25) is 5.91 Å². The first-order valence-electron chi connectivity index (χ1n) is 12.9. The molecule has 2 heterocycles. The fourth-order valence-corrected chi connectivity index (χ4v) is 5.09. The van der Waals surface area contributed by atoms with Gasteiger partial charge in [-0.25, -0.2) is 0 Å². The van der Waals surface area contributed by atoms with Crippen molar-refractivity contribution >= 4 is 29.1 Å². The normalized spacial score (nSPS) is 13.9. The average Bonchev–Trinajstić information content (AvgIpc) is 3.43. The summed E-state index contributed by atoms with van der Waals surface area (Å²) in [6.07, 6.45) is 3.70. The number of anilines is 1. The third-order valence-corrected chi connectivity index (χ3v) is 6.95. The lowest BCUT2D eigenvalue weighted by Crippen LogP contribution is -2.48. The van der Waals surface area contributed by atoms with Crippen molar-refractivity contribution in [2.24, 2.45) is 0 Å². The molecular weight excluding hydrogens is 498 g/mol. The lowest BCUT2D eigenvalue weighted by atomic mass is 9.97. The number of para-hydroxylation sites is 3. The Balaban J connectivity index is 1.47. The van der Waals surface area contributed by atoms with Crippen LogP contribution in [-0.2, 0) is 9.59 Å². The number of ether oxygens (including phenoxy) is 1. The molecule has 1 aromatic heterocycles. The van der Waals surface area contributed by atoms with Gasteiger partial charge in [0.1, 0.15) is 18.3 Å².